The highest BCUT2D eigenvalue weighted by molar-refractivity contribution is 9.10. The van der Waals surface area contributed by atoms with Crippen LogP contribution in [0.3, 0.4) is 0 Å². The van der Waals surface area contributed by atoms with Gasteiger partial charge in [-0.1, -0.05) is 6.07 Å². The van der Waals surface area contributed by atoms with E-state index in [0.717, 1.165) is 15.9 Å². The van der Waals surface area contributed by atoms with Gasteiger partial charge in [0.25, 0.3) is 0 Å². The Morgan fingerprint density at radius 2 is 1.94 bits per heavy atom. The maximum atomic E-state index is 8.66. The van der Waals surface area contributed by atoms with Crippen molar-refractivity contribution < 1.29 is 4.74 Å². The lowest BCUT2D eigenvalue weighted by Gasteiger charge is -2.05. The first-order valence-electron chi connectivity index (χ1n) is 5.01. The van der Waals surface area contributed by atoms with E-state index in [0.29, 0.717) is 12.2 Å². The Hall–Kier alpha value is -1.86. The second-order valence-electron chi connectivity index (χ2n) is 3.41. The van der Waals surface area contributed by atoms with Crippen molar-refractivity contribution in [1.82, 2.24) is 4.98 Å². The standard InChI is InChI=1S/C13H9BrN2O/c14-13-6-3-11(8-16-13)9-17-12-4-1-10(7-15)2-5-12/h1-6,8H,9H2. The molecule has 3 nitrogen and oxygen atoms in total. The second-order valence-corrected chi connectivity index (χ2v) is 4.23. The normalized spacial score (nSPS) is 9.65. The van der Waals surface area contributed by atoms with Gasteiger partial charge in [0.05, 0.1) is 11.6 Å². The number of halogens is 1. The smallest absolute Gasteiger partial charge is 0.119 e. The van der Waals surface area contributed by atoms with Crippen LogP contribution in [0.5, 0.6) is 5.75 Å². The van der Waals surface area contributed by atoms with Gasteiger partial charge >= 0.3 is 0 Å². The molecular weight excluding hydrogens is 280 g/mol. The molecule has 0 bridgehead atoms. The molecule has 0 amide bonds. The number of nitrogens with zero attached hydrogens (tertiary/aromatic N) is 2. The molecule has 0 fully saturated rings. The number of hydrogen-bond acceptors (Lipinski definition) is 3. The van der Waals surface area contributed by atoms with Crippen LogP contribution in [0, 0.1) is 11.3 Å². The first kappa shape index (κ1) is 11.6. The van der Waals surface area contributed by atoms with Gasteiger partial charge < -0.3 is 4.74 Å². The van der Waals surface area contributed by atoms with Crippen LogP contribution in [0.4, 0.5) is 0 Å². The average Bonchev–Trinajstić information content (AvgIpc) is 2.39. The van der Waals surface area contributed by atoms with Crippen LogP contribution in [-0.4, -0.2) is 4.98 Å². The van der Waals surface area contributed by atoms with Gasteiger partial charge in [-0.3, -0.25) is 0 Å². The van der Waals surface area contributed by atoms with Gasteiger partial charge in [-0.2, -0.15) is 5.26 Å². The lowest BCUT2D eigenvalue weighted by Crippen LogP contribution is -1.95. The van der Waals surface area contributed by atoms with Gasteiger partial charge in [0.15, 0.2) is 0 Å². The molecule has 0 aliphatic heterocycles. The summed E-state index contributed by atoms with van der Waals surface area (Å²) in [6, 6.07) is 12.9. The number of pyridine rings is 1. The summed E-state index contributed by atoms with van der Waals surface area (Å²) < 4.78 is 6.37. The predicted molar refractivity (Wildman–Crippen MR) is 67.4 cm³/mol. The maximum absolute atomic E-state index is 8.66. The summed E-state index contributed by atoms with van der Waals surface area (Å²) in [5.74, 6) is 0.743. The zero-order valence-electron chi connectivity index (χ0n) is 8.93. The highest BCUT2D eigenvalue weighted by atomic mass is 79.9. The molecule has 0 atom stereocenters. The molecule has 1 aromatic heterocycles. The van der Waals surface area contributed by atoms with E-state index in [-0.39, 0.29) is 0 Å². The molecule has 84 valence electrons. The van der Waals surface area contributed by atoms with Gasteiger partial charge in [-0.05, 0) is 46.3 Å². The van der Waals surface area contributed by atoms with Crippen LogP contribution in [0.2, 0.25) is 0 Å². The van der Waals surface area contributed by atoms with Crippen LogP contribution in [0.1, 0.15) is 11.1 Å². The molecule has 0 N–H and O–H groups in total. The van der Waals surface area contributed by atoms with E-state index in [1.165, 1.54) is 0 Å². The zero-order chi connectivity index (χ0) is 12.1. The Morgan fingerprint density at radius 3 is 2.53 bits per heavy atom. The molecular formula is C13H9BrN2O. The first-order chi connectivity index (χ1) is 8.28. The lowest BCUT2D eigenvalue weighted by molar-refractivity contribution is 0.305. The lowest BCUT2D eigenvalue weighted by atomic mass is 10.2. The van der Waals surface area contributed by atoms with E-state index in [2.05, 4.69) is 27.0 Å². The summed E-state index contributed by atoms with van der Waals surface area (Å²) in [4.78, 5) is 4.11. The molecule has 0 saturated carbocycles. The summed E-state index contributed by atoms with van der Waals surface area (Å²) in [6.07, 6.45) is 1.76. The minimum atomic E-state index is 0.464. The van der Waals surface area contributed by atoms with E-state index in [9.17, 15) is 0 Å². The molecule has 0 unspecified atom stereocenters. The Bertz CT molecular complexity index is 529. The third-order valence-electron chi connectivity index (χ3n) is 2.18. The fraction of sp³-hybridized carbons (Fsp3) is 0.0769. The van der Waals surface area contributed by atoms with Crippen LogP contribution >= 0.6 is 15.9 Å². The predicted octanol–water partition coefficient (Wildman–Crippen LogP) is 3.29. The summed E-state index contributed by atoms with van der Waals surface area (Å²) in [6.45, 7) is 0.464. The van der Waals surface area contributed by atoms with Gasteiger partial charge in [-0.15, -0.1) is 0 Å². The second kappa shape index (κ2) is 5.46. The molecule has 0 saturated heterocycles. The van der Waals surface area contributed by atoms with Crippen molar-refractivity contribution in [3.05, 3.63) is 58.3 Å². The van der Waals surface area contributed by atoms with E-state index in [1.54, 1.807) is 30.5 Å². The molecule has 0 aliphatic rings. The molecule has 17 heavy (non-hydrogen) atoms. The molecule has 1 heterocycles. The van der Waals surface area contributed by atoms with Crippen LogP contribution in [0.25, 0.3) is 0 Å². The molecule has 0 aliphatic carbocycles. The number of ether oxygens (including phenoxy) is 1. The van der Waals surface area contributed by atoms with Crippen molar-refractivity contribution >= 4 is 15.9 Å². The largest absolute Gasteiger partial charge is 0.489 e. The minimum Gasteiger partial charge on any atom is -0.489 e. The topological polar surface area (TPSA) is 45.9 Å². The Balaban J connectivity index is 1.98. The molecule has 4 heteroatoms. The van der Waals surface area contributed by atoms with Crippen LogP contribution < -0.4 is 4.74 Å². The summed E-state index contributed by atoms with van der Waals surface area (Å²) >= 11 is 3.27. The quantitative estimate of drug-likeness (QED) is 0.814. The van der Waals surface area contributed by atoms with E-state index >= 15 is 0 Å². The third kappa shape index (κ3) is 3.30. The summed E-state index contributed by atoms with van der Waals surface area (Å²) in [5.41, 5.74) is 1.63. The Morgan fingerprint density at radius 1 is 1.18 bits per heavy atom. The van der Waals surface area contributed by atoms with E-state index in [1.807, 2.05) is 12.1 Å². The number of rotatable bonds is 3. The molecule has 0 radical (unpaired) electrons. The van der Waals surface area contributed by atoms with E-state index < -0.39 is 0 Å². The van der Waals surface area contributed by atoms with Crippen LogP contribution in [-0.2, 0) is 6.61 Å². The molecule has 1 aromatic carbocycles. The monoisotopic (exact) mass is 288 g/mol. The van der Waals surface area contributed by atoms with Gasteiger partial charge in [-0.25, -0.2) is 4.98 Å². The van der Waals surface area contributed by atoms with Crippen molar-refractivity contribution in [1.29, 1.82) is 5.26 Å². The van der Waals surface area contributed by atoms with Gasteiger partial charge in [0, 0.05) is 11.8 Å². The Kier molecular flexibility index (Phi) is 3.73. The first-order valence-corrected chi connectivity index (χ1v) is 5.80. The minimum absolute atomic E-state index is 0.464. The van der Waals surface area contributed by atoms with Gasteiger partial charge in [0.2, 0.25) is 0 Å². The summed E-state index contributed by atoms with van der Waals surface area (Å²) in [5, 5.41) is 8.66. The number of nitriles is 1. The number of aromatic nitrogens is 1. The Labute approximate surface area is 108 Å². The summed E-state index contributed by atoms with van der Waals surface area (Å²) in [7, 11) is 0. The third-order valence-corrected chi connectivity index (χ3v) is 2.65. The van der Waals surface area contributed by atoms with Crippen molar-refractivity contribution in [3.8, 4) is 11.8 Å². The fourth-order valence-corrected chi connectivity index (χ4v) is 1.52. The maximum Gasteiger partial charge on any atom is 0.119 e. The van der Waals surface area contributed by atoms with Crippen molar-refractivity contribution in [2.24, 2.45) is 0 Å². The zero-order valence-corrected chi connectivity index (χ0v) is 10.5. The molecule has 2 aromatic rings. The average molecular weight is 289 g/mol. The number of hydrogen-bond donors (Lipinski definition) is 0. The highest BCUT2D eigenvalue weighted by Gasteiger charge is 1.97. The van der Waals surface area contributed by atoms with E-state index in [4.69, 9.17) is 10.00 Å². The highest BCUT2D eigenvalue weighted by Crippen LogP contribution is 2.14. The SMILES string of the molecule is N#Cc1ccc(OCc2ccc(Br)nc2)cc1. The van der Waals surface area contributed by atoms with Crippen LogP contribution in [0.15, 0.2) is 47.2 Å². The van der Waals surface area contributed by atoms with Crippen molar-refractivity contribution in [2.75, 3.05) is 0 Å². The van der Waals surface area contributed by atoms with Crippen molar-refractivity contribution in [3.63, 3.8) is 0 Å². The van der Waals surface area contributed by atoms with Gasteiger partial charge in [0.1, 0.15) is 17.0 Å². The molecule has 0 spiro atoms. The molecule has 2 rings (SSSR count). The van der Waals surface area contributed by atoms with Crippen molar-refractivity contribution in [2.45, 2.75) is 6.61 Å². The number of benzene rings is 1. The fourth-order valence-electron chi connectivity index (χ4n) is 1.28.